The molecule has 2 saturated carbocycles. The summed E-state index contributed by atoms with van der Waals surface area (Å²) >= 11 is 0. The van der Waals surface area contributed by atoms with E-state index in [0.717, 1.165) is 50.9 Å². The van der Waals surface area contributed by atoms with E-state index in [0.29, 0.717) is 29.4 Å². The maximum Gasteiger partial charge on any atom is 0.329 e. The molecule has 0 bridgehead atoms. The predicted octanol–water partition coefficient (Wildman–Crippen LogP) is 4.21. The van der Waals surface area contributed by atoms with Crippen molar-refractivity contribution in [3.05, 3.63) is 34.3 Å². The Morgan fingerprint density at radius 3 is 2.21 bits per heavy atom. The molecule has 0 unspecified atom stereocenters. The number of fused-ring (bicyclic) bond motifs is 1. The van der Waals surface area contributed by atoms with Gasteiger partial charge in [0.15, 0.2) is 11.6 Å². The second-order valence-corrected chi connectivity index (χ2v) is 11.4. The molecule has 2 aliphatic carbocycles. The van der Waals surface area contributed by atoms with Gasteiger partial charge in [0.25, 0.3) is 0 Å². The average molecular weight is 475 g/mol. The number of nitrogens with one attached hydrogen (secondary N) is 1. The summed E-state index contributed by atoms with van der Waals surface area (Å²) in [5, 5.41) is 2.87. The summed E-state index contributed by atoms with van der Waals surface area (Å²) < 4.78 is 31.2. The number of nitrogens with zero attached hydrogens (tertiary/aromatic N) is 3. The predicted molar refractivity (Wildman–Crippen MR) is 128 cm³/mol. The lowest BCUT2D eigenvalue weighted by molar-refractivity contribution is -0.121. The molecule has 1 amide bonds. The zero-order valence-corrected chi connectivity index (χ0v) is 20.3. The molecule has 3 fully saturated rings. The van der Waals surface area contributed by atoms with Crippen LogP contribution in [0.4, 0.5) is 8.78 Å². The van der Waals surface area contributed by atoms with Crippen molar-refractivity contribution >= 4 is 16.9 Å². The van der Waals surface area contributed by atoms with Gasteiger partial charge in [-0.1, -0.05) is 13.8 Å². The highest BCUT2D eigenvalue weighted by Crippen LogP contribution is 2.38. The first-order valence-corrected chi connectivity index (χ1v) is 12.8. The summed E-state index contributed by atoms with van der Waals surface area (Å²) in [4.78, 5) is 28.5. The van der Waals surface area contributed by atoms with Gasteiger partial charge in [0.1, 0.15) is 6.54 Å². The maximum absolute atomic E-state index is 14.2. The minimum atomic E-state index is -1.01. The largest absolute Gasteiger partial charge is 0.354 e. The highest BCUT2D eigenvalue weighted by molar-refractivity contribution is 5.81. The number of likely N-dealkylation sites (tertiary alicyclic amines) is 1. The minimum Gasteiger partial charge on any atom is -0.354 e. The fourth-order valence-corrected chi connectivity index (χ4v) is 5.81. The van der Waals surface area contributed by atoms with Crippen molar-refractivity contribution in [3.63, 3.8) is 0 Å². The van der Waals surface area contributed by atoms with Crippen molar-refractivity contribution in [3.8, 4) is 0 Å². The Kier molecular flexibility index (Phi) is 6.29. The Labute approximate surface area is 199 Å². The fourth-order valence-electron chi connectivity index (χ4n) is 5.81. The Balaban J connectivity index is 1.35. The van der Waals surface area contributed by atoms with Gasteiger partial charge in [-0.15, -0.1) is 0 Å². The monoisotopic (exact) mass is 474 g/mol. The second-order valence-electron chi connectivity index (χ2n) is 11.4. The van der Waals surface area contributed by atoms with Crippen molar-refractivity contribution in [2.45, 2.75) is 83.8 Å². The summed E-state index contributed by atoms with van der Waals surface area (Å²) in [6.07, 6.45) is 8.67. The number of aromatic nitrogens is 2. The normalized spacial score (nSPS) is 22.4. The number of amides is 1. The molecule has 34 heavy (non-hydrogen) atoms. The van der Waals surface area contributed by atoms with Gasteiger partial charge in [-0.2, -0.15) is 0 Å². The number of hydrogen-bond donors (Lipinski definition) is 1. The van der Waals surface area contributed by atoms with E-state index in [2.05, 4.69) is 24.1 Å². The molecule has 2 heterocycles. The van der Waals surface area contributed by atoms with Gasteiger partial charge in [0.2, 0.25) is 5.91 Å². The van der Waals surface area contributed by atoms with Crippen molar-refractivity contribution in [2.24, 2.45) is 11.3 Å². The Morgan fingerprint density at radius 2 is 1.59 bits per heavy atom. The van der Waals surface area contributed by atoms with Gasteiger partial charge >= 0.3 is 5.69 Å². The maximum atomic E-state index is 14.2. The molecule has 2 aromatic rings. The van der Waals surface area contributed by atoms with Crippen LogP contribution in [0.15, 0.2) is 16.9 Å². The van der Waals surface area contributed by atoms with E-state index in [9.17, 15) is 18.4 Å². The number of halogens is 2. The number of piperidine rings is 1. The van der Waals surface area contributed by atoms with Crippen LogP contribution in [0, 0.1) is 23.0 Å². The van der Waals surface area contributed by atoms with Crippen LogP contribution in [-0.2, 0) is 11.3 Å². The molecule has 6 nitrogen and oxygen atoms in total. The number of hydrogen-bond acceptors (Lipinski definition) is 3. The number of rotatable bonds is 6. The molecule has 1 saturated heterocycles. The lowest BCUT2D eigenvalue weighted by atomic mass is 9.75. The van der Waals surface area contributed by atoms with Crippen LogP contribution < -0.4 is 11.0 Å². The molecule has 186 valence electrons. The second kappa shape index (κ2) is 9.10. The van der Waals surface area contributed by atoms with Crippen LogP contribution in [0.1, 0.15) is 71.3 Å². The summed E-state index contributed by atoms with van der Waals surface area (Å²) in [7, 11) is 0. The smallest absolute Gasteiger partial charge is 0.329 e. The molecule has 0 radical (unpaired) electrons. The Hall–Kier alpha value is -2.22. The lowest BCUT2D eigenvalue weighted by Crippen LogP contribution is -2.45. The molecule has 1 aromatic heterocycles. The van der Waals surface area contributed by atoms with Gasteiger partial charge in [0.05, 0.1) is 11.0 Å². The number of benzene rings is 1. The summed E-state index contributed by atoms with van der Waals surface area (Å²) in [6, 6.07) is 2.66. The molecular weight excluding hydrogens is 438 g/mol. The van der Waals surface area contributed by atoms with Crippen LogP contribution in [0.5, 0.6) is 0 Å². The van der Waals surface area contributed by atoms with E-state index in [1.165, 1.54) is 30.3 Å². The van der Waals surface area contributed by atoms with Gasteiger partial charge in [-0.3, -0.25) is 13.9 Å². The van der Waals surface area contributed by atoms with E-state index in [1.54, 1.807) is 4.57 Å². The first kappa shape index (κ1) is 23.5. The molecule has 1 aliphatic heterocycles. The topological polar surface area (TPSA) is 59.3 Å². The first-order chi connectivity index (χ1) is 16.2. The molecule has 3 aliphatic rings. The summed E-state index contributed by atoms with van der Waals surface area (Å²) in [6.45, 7) is 6.88. The molecule has 8 heteroatoms. The van der Waals surface area contributed by atoms with Gasteiger partial charge in [-0.05, 0) is 62.7 Å². The highest BCUT2D eigenvalue weighted by Gasteiger charge is 2.33. The van der Waals surface area contributed by atoms with E-state index in [1.807, 2.05) is 0 Å². The van der Waals surface area contributed by atoms with E-state index >= 15 is 0 Å². The molecule has 0 spiro atoms. The Morgan fingerprint density at radius 1 is 0.971 bits per heavy atom. The highest BCUT2D eigenvalue weighted by atomic mass is 19.2. The third-order valence-corrected chi connectivity index (χ3v) is 8.28. The zero-order valence-electron chi connectivity index (χ0n) is 20.3. The van der Waals surface area contributed by atoms with Crippen molar-refractivity contribution in [1.82, 2.24) is 19.4 Å². The van der Waals surface area contributed by atoms with E-state index < -0.39 is 11.6 Å². The minimum absolute atomic E-state index is 0.0908. The summed E-state index contributed by atoms with van der Waals surface area (Å²) in [5.74, 6) is -1.73. The molecule has 5 rings (SSSR count). The SMILES string of the molecule is CC1(C)CCC(N2CCC(n3c(=O)n(CC(=O)NCC4CC4)c4cc(F)c(F)cc43)CC2)CC1. The van der Waals surface area contributed by atoms with Crippen molar-refractivity contribution in [1.29, 1.82) is 0 Å². The lowest BCUT2D eigenvalue weighted by Gasteiger charge is -2.43. The first-order valence-electron chi connectivity index (χ1n) is 12.8. The van der Waals surface area contributed by atoms with Crippen LogP contribution in [-0.4, -0.2) is 45.6 Å². The molecular formula is C26H36F2N4O2. The van der Waals surface area contributed by atoms with Crippen molar-refractivity contribution in [2.75, 3.05) is 19.6 Å². The van der Waals surface area contributed by atoms with Crippen LogP contribution >= 0.6 is 0 Å². The van der Waals surface area contributed by atoms with E-state index in [-0.39, 0.29) is 29.7 Å². The molecule has 0 atom stereocenters. The fraction of sp³-hybridized carbons (Fsp3) is 0.692. The zero-order chi connectivity index (χ0) is 24.0. The van der Waals surface area contributed by atoms with Crippen LogP contribution in [0.25, 0.3) is 11.0 Å². The van der Waals surface area contributed by atoms with Gasteiger partial charge in [-0.25, -0.2) is 13.6 Å². The van der Waals surface area contributed by atoms with Crippen LogP contribution in [0.3, 0.4) is 0 Å². The molecule has 1 N–H and O–H groups in total. The third kappa shape index (κ3) is 4.79. The average Bonchev–Trinajstić information content (AvgIpc) is 3.60. The number of carbonyl (C=O) groups excluding carboxylic acids is 1. The van der Waals surface area contributed by atoms with Crippen LogP contribution in [0.2, 0.25) is 0 Å². The van der Waals surface area contributed by atoms with Crippen molar-refractivity contribution < 1.29 is 13.6 Å². The Bertz CT molecular complexity index is 1120. The standard InChI is InChI=1S/C26H36F2N4O2/c1-26(2)9-5-18(6-10-26)30-11-7-19(8-12-30)32-23-14-21(28)20(27)13-22(23)31(25(32)34)16-24(33)29-15-17-3-4-17/h13-14,17-19H,3-12,15-16H2,1-2H3,(H,29,33). The van der Waals surface area contributed by atoms with E-state index in [4.69, 9.17) is 0 Å². The van der Waals surface area contributed by atoms with Gasteiger partial charge < -0.3 is 10.2 Å². The quantitative estimate of drug-likeness (QED) is 0.682. The van der Waals surface area contributed by atoms with Gasteiger partial charge in [0, 0.05) is 43.9 Å². The third-order valence-electron chi connectivity index (χ3n) is 8.28. The number of carbonyl (C=O) groups is 1. The number of imidazole rings is 1. The summed E-state index contributed by atoms with van der Waals surface area (Å²) in [5.41, 5.74) is 0.715. The molecule has 1 aromatic carbocycles.